The van der Waals surface area contributed by atoms with Crippen LogP contribution in [0.1, 0.15) is 10.5 Å². The molecule has 0 amide bonds. The van der Waals surface area contributed by atoms with Crippen molar-refractivity contribution in [3.8, 4) is 0 Å². The van der Waals surface area contributed by atoms with E-state index in [9.17, 15) is 9.90 Å². The third-order valence-corrected chi connectivity index (χ3v) is 3.66. The first-order valence-electron chi connectivity index (χ1n) is 7.13. The van der Waals surface area contributed by atoms with Crippen molar-refractivity contribution in [2.45, 2.75) is 0 Å². The molecule has 1 fully saturated rings. The Morgan fingerprint density at radius 1 is 1.38 bits per heavy atom. The summed E-state index contributed by atoms with van der Waals surface area (Å²) in [5, 5.41) is 15.8. The van der Waals surface area contributed by atoms with E-state index in [4.69, 9.17) is 0 Å². The van der Waals surface area contributed by atoms with E-state index in [0.717, 1.165) is 32.7 Å². The van der Waals surface area contributed by atoms with Gasteiger partial charge in [-0.15, -0.1) is 0 Å². The van der Waals surface area contributed by atoms with E-state index in [2.05, 4.69) is 20.5 Å². The summed E-state index contributed by atoms with van der Waals surface area (Å²) in [5.74, 6) is -0.540. The van der Waals surface area contributed by atoms with Crippen molar-refractivity contribution in [1.82, 2.24) is 19.6 Å². The molecule has 1 aliphatic rings. The summed E-state index contributed by atoms with van der Waals surface area (Å²) < 4.78 is 1.59. The molecule has 0 aliphatic carbocycles. The molecule has 0 atom stereocenters. The Morgan fingerprint density at radius 2 is 2.19 bits per heavy atom. The molecule has 0 spiro atoms. The molecular formula is C14H19N5O2. The highest BCUT2D eigenvalue weighted by Crippen LogP contribution is 2.17. The van der Waals surface area contributed by atoms with Crippen LogP contribution < -0.4 is 10.6 Å². The average molecular weight is 289 g/mol. The zero-order valence-electron chi connectivity index (χ0n) is 11.7. The molecule has 0 unspecified atom stereocenters. The molecule has 1 saturated heterocycles. The SMILES string of the molecule is O=C(O)c1c(NCCN2CCNCC2)nc2ccccn12. The lowest BCUT2D eigenvalue weighted by atomic mass is 10.3. The largest absolute Gasteiger partial charge is 0.476 e. The molecule has 3 N–H and O–H groups in total. The second-order valence-corrected chi connectivity index (χ2v) is 5.06. The van der Waals surface area contributed by atoms with Crippen LogP contribution in [0.2, 0.25) is 0 Å². The molecule has 3 heterocycles. The first-order chi connectivity index (χ1) is 10.3. The molecular weight excluding hydrogens is 270 g/mol. The molecule has 2 aromatic rings. The molecule has 7 nitrogen and oxygen atoms in total. The van der Waals surface area contributed by atoms with Gasteiger partial charge in [0.2, 0.25) is 0 Å². The molecule has 3 rings (SSSR count). The molecule has 0 bridgehead atoms. The van der Waals surface area contributed by atoms with E-state index in [0.29, 0.717) is 18.0 Å². The minimum atomic E-state index is -0.974. The predicted octanol–water partition coefficient (Wildman–Crippen LogP) is 0.350. The van der Waals surface area contributed by atoms with E-state index in [1.807, 2.05) is 6.07 Å². The molecule has 21 heavy (non-hydrogen) atoms. The van der Waals surface area contributed by atoms with E-state index in [1.54, 1.807) is 22.7 Å². The number of anilines is 1. The van der Waals surface area contributed by atoms with Gasteiger partial charge in [0.15, 0.2) is 11.5 Å². The van der Waals surface area contributed by atoms with Gasteiger partial charge < -0.3 is 15.7 Å². The van der Waals surface area contributed by atoms with Crippen molar-refractivity contribution < 1.29 is 9.90 Å². The Hall–Kier alpha value is -2.12. The second kappa shape index (κ2) is 6.11. The lowest BCUT2D eigenvalue weighted by Crippen LogP contribution is -2.45. The molecule has 2 aromatic heterocycles. The first kappa shape index (κ1) is 13.8. The zero-order chi connectivity index (χ0) is 14.7. The van der Waals surface area contributed by atoms with Crippen LogP contribution >= 0.6 is 0 Å². The number of rotatable bonds is 5. The smallest absolute Gasteiger partial charge is 0.356 e. The van der Waals surface area contributed by atoms with E-state index in [-0.39, 0.29) is 5.69 Å². The Bertz CT molecular complexity index is 633. The fourth-order valence-electron chi connectivity index (χ4n) is 2.59. The highest BCUT2D eigenvalue weighted by atomic mass is 16.4. The standard InChI is InChI=1S/C14H19N5O2/c20-14(21)12-13(17-11-3-1-2-7-19(11)12)16-6-10-18-8-4-15-5-9-18/h1-3,7,15-16H,4-6,8-10H2,(H,20,21). The Labute approximate surface area is 122 Å². The van der Waals surface area contributed by atoms with Crippen LogP contribution in [0.3, 0.4) is 0 Å². The second-order valence-electron chi connectivity index (χ2n) is 5.06. The summed E-state index contributed by atoms with van der Waals surface area (Å²) in [5.41, 5.74) is 0.825. The van der Waals surface area contributed by atoms with Crippen molar-refractivity contribution in [3.63, 3.8) is 0 Å². The van der Waals surface area contributed by atoms with Crippen molar-refractivity contribution >= 4 is 17.4 Å². The van der Waals surface area contributed by atoms with Gasteiger partial charge in [-0.05, 0) is 12.1 Å². The molecule has 0 saturated carbocycles. The van der Waals surface area contributed by atoms with Crippen LogP contribution in [0.5, 0.6) is 0 Å². The topological polar surface area (TPSA) is 81.9 Å². The van der Waals surface area contributed by atoms with Gasteiger partial charge in [-0.1, -0.05) is 6.07 Å². The van der Waals surface area contributed by atoms with Crippen molar-refractivity contribution in [3.05, 3.63) is 30.1 Å². The molecule has 7 heteroatoms. The van der Waals surface area contributed by atoms with Crippen LogP contribution in [0.25, 0.3) is 5.65 Å². The van der Waals surface area contributed by atoms with Crippen molar-refractivity contribution in [2.24, 2.45) is 0 Å². The van der Waals surface area contributed by atoms with Crippen LogP contribution in [-0.2, 0) is 0 Å². The summed E-state index contributed by atoms with van der Waals surface area (Å²) in [6, 6.07) is 5.44. The number of nitrogens with one attached hydrogen (secondary N) is 2. The number of imidazole rings is 1. The number of pyridine rings is 1. The quantitative estimate of drug-likeness (QED) is 0.737. The lowest BCUT2D eigenvalue weighted by Gasteiger charge is -2.27. The van der Waals surface area contributed by atoms with Gasteiger partial charge in [0.25, 0.3) is 0 Å². The number of carboxylic acids is 1. The number of nitrogens with zero attached hydrogens (tertiary/aromatic N) is 3. The molecule has 0 radical (unpaired) electrons. The van der Waals surface area contributed by atoms with Gasteiger partial charge in [-0.2, -0.15) is 0 Å². The maximum atomic E-state index is 11.4. The summed E-state index contributed by atoms with van der Waals surface area (Å²) in [6.07, 6.45) is 1.72. The van der Waals surface area contributed by atoms with Crippen LogP contribution in [0, 0.1) is 0 Å². The minimum Gasteiger partial charge on any atom is -0.476 e. The number of carboxylic acid groups (broad SMARTS) is 1. The van der Waals surface area contributed by atoms with E-state index >= 15 is 0 Å². The number of hydrogen-bond donors (Lipinski definition) is 3. The summed E-state index contributed by atoms with van der Waals surface area (Å²) in [4.78, 5) is 18.1. The molecule has 112 valence electrons. The number of hydrogen-bond acceptors (Lipinski definition) is 5. The fraction of sp³-hybridized carbons (Fsp3) is 0.429. The van der Waals surface area contributed by atoms with Crippen LogP contribution in [0.4, 0.5) is 5.82 Å². The van der Waals surface area contributed by atoms with E-state index < -0.39 is 5.97 Å². The van der Waals surface area contributed by atoms with Gasteiger partial charge in [-0.3, -0.25) is 9.30 Å². The highest BCUT2D eigenvalue weighted by molar-refractivity contribution is 5.92. The first-order valence-corrected chi connectivity index (χ1v) is 7.13. The fourth-order valence-corrected chi connectivity index (χ4v) is 2.59. The average Bonchev–Trinajstić information content (AvgIpc) is 2.86. The number of aromatic carboxylic acids is 1. The maximum absolute atomic E-state index is 11.4. The molecule has 1 aliphatic heterocycles. The van der Waals surface area contributed by atoms with Gasteiger partial charge >= 0.3 is 5.97 Å². The minimum absolute atomic E-state index is 0.186. The lowest BCUT2D eigenvalue weighted by molar-refractivity contribution is 0.0690. The number of fused-ring (bicyclic) bond motifs is 1. The molecule has 0 aromatic carbocycles. The third kappa shape index (κ3) is 2.98. The van der Waals surface area contributed by atoms with Crippen LogP contribution in [0.15, 0.2) is 24.4 Å². The normalized spacial score (nSPS) is 16.2. The van der Waals surface area contributed by atoms with E-state index in [1.165, 1.54) is 0 Å². The number of aromatic nitrogens is 2. The Kier molecular flexibility index (Phi) is 4.03. The van der Waals surface area contributed by atoms with Gasteiger partial charge in [0.05, 0.1) is 0 Å². The van der Waals surface area contributed by atoms with Crippen molar-refractivity contribution in [2.75, 3.05) is 44.6 Å². The monoisotopic (exact) mass is 289 g/mol. The Balaban J connectivity index is 1.71. The van der Waals surface area contributed by atoms with Gasteiger partial charge in [0, 0.05) is 45.5 Å². The highest BCUT2D eigenvalue weighted by Gasteiger charge is 2.18. The maximum Gasteiger partial charge on any atom is 0.356 e. The van der Waals surface area contributed by atoms with Gasteiger partial charge in [-0.25, -0.2) is 9.78 Å². The zero-order valence-corrected chi connectivity index (χ0v) is 11.7. The summed E-state index contributed by atoms with van der Waals surface area (Å²) in [6.45, 7) is 5.64. The Morgan fingerprint density at radius 3 is 2.95 bits per heavy atom. The third-order valence-electron chi connectivity index (χ3n) is 3.66. The van der Waals surface area contributed by atoms with Crippen LogP contribution in [-0.4, -0.2) is 64.6 Å². The summed E-state index contributed by atoms with van der Waals surface area (Å²) in [7, 11) is 0. The number of carbonyl (C=O) groups is 1. The van der Waals surface area contributed by atoms with Crippen molar-refractivity contribution in [1.29, 1.82) is 0 Å². The van der Waals surface area contributed by atoms with Gasteiger partial charge in [0.1, 0.15) is 5.65 Å². The predicted molar refractivity (Wildman–Crippen MR) is 80.0 cm³/mol. The summed E-state index contributed by atoms with van der Waals surface area (Å²) >= 11 is 0. The number of piperazine rings is 1.